The summed E-state index contributed by atoms with van der Waals surface area (Å²) in [6.45, 7) is 7.57. The number of hydrogen-bond acceptors (Lipinski definition) is 2. The molecule has 2 heteroatoms. The second-order valence-electron chi connectivity index (χ2n) is 6.71. The summed E-state index contributed by atoms with van der Waals surface area (Å²) >= 11 is 0. The normalized spacial score (nSPS) is 11.3. The molecule has 0 atom stereocenters. The number of rotatable bonds is 4. The van der Waals surface area contributed by atoms with Crippen molar-refractivity contribution in [1.82, 2.24) is 0 Å². The number of para-hydroxylation sites is 2. The molecule has 0 spiro atoms. The van der Waals surface area contributed by atoms with Crippen molar-refractivity contribution in [3.8, 4) is 0 Å². The fraction of sp³-hybridized carbons (Fsp3) is 0.368. The molecule has 2 aromatic rings. The maximum absolute atomic E-state index is 3.53. The van der Waals surface area contributed by atoms with Gasteiger partial charge in [-0.25, -0.2) is 0 Å². The molecule has 1 N–H and O–H groups in total. The first kappa shape index (κ1) is 15.4. The van der Waals surface area contributed by atoms with Crippen LogP contribution in [0.1, 0.15) is 31.9 Å². The molecule has 0 saturated heterocycles. The fourth-order valence-electron chi connectivity index (χ4n) is 2.33. The minimum atomic E-state index is 0.212. The highest BCUT2D eigenvalue weighted by atomic mass is 15.1. The van der Waals surface area contributed by atoms with Gasteiger partial charge >= 0.3 is 0 Å². The van der Waals surface area contributed by atoms with Gasteiger partial charge < -0.3 is 10.2 Å². The van der Waals surface area contributed by atoms with Gasteiger partial charge in [0.15, 0.2) is 0 Å². The lowest BCUT2D eigenvalue weighted by Crippen LogP contribution is -2.12. The summed E-state index contributed by atoms with van der Waals surface area (Å²) in [4.78, 5) is 2.13. The van der Waals surface area contributed by atoms with Crippen LogP contribution in [0.5, 0.6) is 0 Å². The Hall–Kier alpha value is -1.96. The minimum absolute atomic E-state index is 0.212. The lowest BCUT2D eigenvalue weighted by Gasteiger charge is -2.20. The van der Waals surface area contributed by atoms with Crippen LogP contribution in [-0.4, -0.2) is 14.1 Å². The second-order valence-corrected chi connectivity index (χ2v) is 6.71. The SMILES string of the molecule is CN(C)c1ccccc1NCc1ccc(C(C)(C)C)cc1. The molecule has 0 aliphatic carbocycles. The summed E-state index contributed by atoms with van der Waals surface area (Å²) in [5.74, 6) is 0. The molecule has 0 saturated carbocycles. The Morgan fingerprint density at radius 1 is 0.905 bits per heavy atom. The van der Waals surface area contributed by atoms with Crippen molar-refractivity contribution in [3.05, 3.63) is 59.7 Å². The van der Waals surface area contributed by atoms with Gasteiger partial charge in [-0.3, -0.25) is 0 Å². The average Bonchev–Trinajstić information content (AvgIpc) is 2.45. The zero-order valence-electron chi connectivity index (χ0n) is 13.8. The Labute approximate surface area is 128 Å². The van der Waals surface area contributed by atoms with Crippen LogP contribution in [0.3, 0.4) is 0 Å². The highest BCUT2D eigenvalue weighted by Gasteiger charge is 2.12. The Kier molecular flexibility index (Phi) is 4.56. The molecule has 0 radical (unpaired) electrons. The van der Waals surface area contributed by atoms with Gasteiger partial charge in [0.25, 0.3) is 0 Å². The van der Waals surface area contributed by atoms with E-state index in [4.69, 9.17) is 0 Å². The maximum atomic E-state index is 3.53. The molecule has 0 aliphatic heterocycles. The molecule has 2 aromatic carbocycles. The van der Waals surface area contributed by atoms with E-state index < -0.39 is 0 Å². The molecular weight excluding hydrogens is 256 g/mol. The molecule has 2 nitrogen and oxygen atoms in total. The summed E-state index contributed by atoms with van der Waals surface area (Å²) in [5, 5.41) is 3.53. The highest BCUT2D eigenvalue weighted by Crippen LogP contribution is 2.25. The van der Waals surface area contributed by atoms with Crippen molar-refractivity contribution in [2.45, 2.75) is 32.7 Å². The van der Waals surface area contributed by atoms with Crippen molar-refractivity contribution < 1.29 is 0 Å². The van der Waals surface area contributed by atoms with E-state index in [1.54, 1.807) is 0 Å². The Bertz CT molecular complexity index is 577. The van der Waals surface area contributed by atoms with E-state index in [0.29, 0.717) is 0 Å². The van der Waals surface area contributed by atoms with E-state index >= 15 is 0 Å². The largest absolute Gasteiger partial charge is 0.379 e. The van der Waals surface area contributed by atoms with Crippen molar-refractivity contribution >= 4 is 11.4 Å². The summed E-state index contributed by atoms with van der Waals surface area (Å²) in [6, 6.07) is 17.3. The number of nitrogens with one attached hydrogen (secondary N) is 1. The van der Waals surface area contributed by atoms with Crippen molar-refractivity contribution in [2.75, 3.05) is 24.3 Å². The van der Waals surface area contributed by atoms with Gasteiger partial charge in [-0.15, -0.1) is 0 Å². The van der Waals surface area contributed by atoms with E-state index in [9.17, 15) is 0 Å². The van der Waals surface area contributed by atoms with Crippen LogP contribution in [0.4, 0.5) is 11.4 Å². The Morgan fingerprint density at radius 3 is 2.10 bits per heavy atom. The third-order valence-electron chi connectivity index (χ3n) is 3.69. The molecule has 2 rings (SSSR count). The first-order valence-corrected chi connectivity index (χ1v) is 7.47. The van der Waals surface area contributed by atoms with Gasteiger partial charge in [-0.2, -0.15) is 0 Å². The zero-order valence-corrected chi connectivity index (χ0v) is 13.8. The number of hydrogen-bond donors (Lipinski definition) is 1. The first-order chi connectivity index (χ1) is 9.88. The van der Waals surface area contributed by atoms with Crippen LogP contribution < -0.4 is 10.2 Å². The fourth-order valence-corrected chi connectivity index (χ4v) is 2.33. The molecule has 0 fully saturated rings. The molecular formula is C19H26N2. The van der Waals surface area contributed by atoms with Gasteiger partial charge in [0.1, 0.15) is 0 Å². The monoisotopic (exact) mass is 282 g/mol. The van der Waals surface area contributed by atoms with Crippen molar-refractivity contribution in [2.24, 2.45) is 0 Å². The Balaban J connectivity index is 2.07. The van der Waals surface area contributed by atoms with Crippen LogP contribution in [0.25, 0.3) is 0 Å². The number of anilines is 2. The van der Waals surface area contributed by atoms with Gasteiger partial charge in [0.2, 0.25) is 0 Å². The predicted octanol–water partition coefficient (Wildman–Crippen LogP) is 4.66. The number of nitrogens with zero attached hydrogens (tertiary/aromatic N) is 1. The van der Waals surface area contributed by atoms with Crippen LogP contribution in [-0.2, 0) is 12.0 Å². The van der Waals surface area contributed by atoms with E-state index in [1.807, 2.05) is 0 Å². The second kappa shape index (κ2) is 6.21. The summed E-state index contributed by atoms with van der Waals surface area (Å²) in [5.41, 5.74) is 5.27. The summed E-state index contributed by atoms with van der Waals surface area (Å²) in [6.07, 6.45) is 0. The van der Waals surface area contributed by atoms with E-state index in [2.05, 4.69) is 93.6 Å². The minimum Gasteiger partial charge on any atom is -0.379 e. The van der Waals surface area contributed by atoms with Gasteiger partial charge in [0, 0.05) is 20.6 Å². The standard InChI is InChI=1S/C19H26N2/c1-19(2,3)16-12-10-15(11-13-16)14-20-17-8-6-7-9-18(17)21(4)5/h6-13,20H,14H2,1-5H3. The molecule has 0 aromatic heterocycles. The third-order valence-corrected chi connectivity index (χ3v) is 3.69. The van der Waals surface area contributed by atoms with Crippen LogP contribution in [0, 0.1) is 0 Å². The number of benzene rings is 2. The lowest BCUT2D eigenvalue weighted by atomic mass is 9.87. The smallest absolute Gasteiger partial charge is 0.0596 e. The lowest BCUT2D eigenvalue weighted by molar-refractivity contribution is 0.590. The predicted molar refractivity (Wildman–Crippen MR) is 93.2 cm³/mol. The van der Waals surface area contributed by atoms with E-state index in [0.717, 1.165) is 6.54 Å². The van der Waals surface area contributed by atoms with E-state index in [-0.39, 0.29) is 5.41 Å². The topological polar surface area (TPSA) is 15.3 Å². The molecule has 0 amide bonds. The molecule has 0 unspecified atom stereocenters. The average molecular weight is 282 g/mol. The quantitative estimate of drug-likeness (QED) is 0.877. The third kappa shape index (κ3) is 4.01. The van der Waals surface area contributed by atoms with Crippen LogP contribution in [0.15, 0.2) is 48.5 Å². The molecule has 0 aliphatic rings. The van der Waals surface area contributed by atoms with Gasteiger partial charge in [0.05, 0.1) is 11.4 Å². The molecule has 21 heavy (non-hydrogen) atoms. The van der Waals surface area contributed by atoms with Gasteiger partial charge in [-0.05, 0) is 28.7 Å². The molecule has 112 valence electrons. The zero-order chi connectivity index (χ0) is 15.5. The van der Waals surface area contributed by atoms with E-state index in [1.165, 1.54) is 22.5 Å². The van der Waals surface area contributed by atoms with Crippen molar-refractivity contribution in [3.63, 3.8) is 0 Å². The molecule has 0 heterocycles. The summed E-state index contributed by atoms with van der Waals surface area (Å²) < 4.78 is 0. The van der Waals surface area contributed by atoms with Crippen LogP contribution in [0.2, 0.25) is 0 Å². The van der Waals surface area contributed by atoms with Crippen molar-refractivity contribution in [1.29, 1.82) is 0 Å². The van der Waals surface area contributed by atoms with Crippen LogP contribution >= 0.6 is 0 Å². The van der Waals surface area contributed by atoms with Gasteiger partial charge in [-0.1, -0.05) is 57.2 Å². The highest BCUT2D eigenvalue weighted by molar-refractivity contribution is 5.69. The Morgan fingerprint density at radius 2 is 1.52 bits per heavy atom. The molecule has 0 bridgehead atoms. The summed E-state index contributed by atoms with van der Waals surface area (Å²) in [7, 11) is 4.14. The first-order valence-electron chi connectivity index (χ1n) is 7.47. The maximum Gasteiger partial charge on any atom is 0.0596 e.